The van der Waals surface area contributed by atoms with Crippen LogP contribution in [0.15, 0.2) is 29.2 Å². The summed E-state index contributed by atoms with van der Waals surface area (Å²) in [5.74, 6) is -0.469. The van der Waals surface area contributed by atoms with E-state index in [1.807, 2.05) is 0 Å². The van der Waals surface area contributed by atoms with E-state index in [1.54, 1.807) is 29.7 Å². The second kappa shape index (κ2) is 8.95. The van der Waals surface area contributed by atoms with E-state index >= 15 is 0 Å². The third-order valence-corrected chi connectivity index (χ3v) is 12.3. The number of nitrogens with one attached hydrogen (secondary N) is 2. The van der Waals surface area contributed by atoms with Crippen LogP contribution in [-0.2, 0) is 19.4 Å². The van der Waals surface area contributed by atoms with E-state index in [0.717, 1.165) is 44.7 Å². The highest BCUT2D eigenvalue weighted by atomic mass is 32.2. The fraction of sp³-hybridized carbons (Fsp3) is 0.704. The van der Waals surface area contributed by atoms with E-state index in [-0.39, 0.29) is 23.7 Å². The second-order valence-electron chi connectivity index (χ2n) is 12.3. The Bertz CT molecular complexity index is 1140. The van der Waals surface area contributed by atoms with Crippen molar-refractivity contribution in [2.45, 2.75) is 67.4 Å². The number of sulfone groups is 1. The number of likely N-dealkylation sites (tertiary alicyclic amines) is 1. The van der Waals surface area contributed by atoms with E-state index in [0.29, 0.717) is 29.8 Å². The molecule has 1 aromatic carbocycles. The van der Waals surface area contributed by atoms with Gasteiger partial charge in [0.25, 0.3) is 5.91 Å². The first-order chi connectivity index (χ1) is 17.7. The number of amides is 2. The Kier molecular flexibility index (Phi) is 6.08. The van der Waals surface area contributed by atoms with Gasteiger partial charge in [-0.25, -0.2) is 13.9 Å². The molecule has 2 saturated carbocycles. The zero-order valence-corrected chi connectivity index (χ0v) is 22.2. The predicted octanol–water partition coefficient (Wildman–Crippen LogP) is 2.10. The van der Waals surface area contributed by atoms with Crippen LogP contribution in [0.5, 0.6) is 0 Å². The summed E-state index contributed by atoms with van der Waals surface area (Å²) in [4.78, 5) is 30.4. The highest BCUT2D eigenvalue weighted by Crippen LogP contribution is 2.64. The third-order valence-electron chi connectivity index (χ3n) is 9.83. The molecule has 0 bridgehead atoms. The minimum Gasteiger partial charge on any atom is -0.371 e. The van der Waals surface area contributed by atoms with Crippen molar-refractivity contribution < 1.29 is 23.2 Å². The van der Waals surface area contributed by atoms with Crippen LogP contribution in [-0.4, -0.2) is 74.4 Å². The van der Waals surface area contributed by atoms with Gasteiger partial charge in [0.15, 0.2) is 14.6 Å². The Balaban J connectivity index is 1.10. The Morgan fingerprint density at radius 2 is 1.49 bits per heavy atom. The van der Waals surface area contributed by atoms with Gasteiger partial charge in [-0.05, 0) is 106 Å². The molecule has 3 heterocycles. The van der Waals surface area contributed by atoms with Crippen LogP contribution in [0.1, 0.15) is 57.8 Å². The number of rotatable bonds is 5. The van der Waals surface area contributed by atoms with E-state index in [1.165, 1.54) is 32.1 Å². The van der Waals surface area contributed by atoms with E-state index in [2.05, 4.69) is 15.1 Å². The number of hydrogen-bond donors (Lipinski definition) is 3. The molecule has 3 aliphatic heterocycles. The molecule has 10 heteroatoms. The molecule has 1 aromatic rings. The summed E-state index contributed by atoms with van der Waals surface area (Å²) in [5.41, 5.74) is 3.36. The molecule has 0 aromatic heterocycles. The summed E-state index contributed by atoms with van der Waals surface area (Å²) in [6, 6.07) is 6.71. The van der Waals surface area contributed by atoms with Crippen molar-refractivity contribution in [3.05, 3.63) is 24.3 Å². The number of carbonyl (C=O) groups is 2. The van der Waals surface area contributed by atoms with Crippen LogP contribution in [0.2, 0.25) is 0 Å². The van der Waals surface area contributed by atoms with Gasteiger partial charge in [-0.1, -0.05) is 0 Å². The molecule has 0 atom stereocenters. The molecule has 5 fully saturated rings. The van der Waals surface area contributed by atoms with Crippen LogP contribution >= 0.6 is 0 Å². The van der Waals surface area contributed by atoms with Gasteiger partial charge < -0.3 is 15.1 Å². The maximum atomic E-state index is 13.5. The van der Waals surface area contributed by atoms with E-state index < -0.39 is 20.5 Å². The Hall–Kier alpha value is -2.17. The van der Waals surface area contributed by atoms with Crippen LogP contribution < -0.4 is 15.7 Å². The molecular weight excluding hydrogens is 492 g/mol. The summed E-state index contributed by atoms with van der Waals surface area (Å²) >= 11 is 0. The summed E-state index contributed by atoms with van der Waals surface area (Å²) in [5, 5.41) is 12.3. The quantitative estimate of drug-likeness (QED) is 0.394. The monoisotopic (exact) mass is 530 g/mol. The topological polar surface area (TPSA) is 119 Å². The highest BCUT2D eigenvalue weighted by molar-refractivity contribution is 7.93. The number of hydroxylamine groups is 1. The Morgan fingerprint density at radius 1 is 0.919 bits per heavy atom. The fourth-order valence-electron chi connectivity index (χ4n) is 7.21. The normalized spacial score (nSPS) is 26.2. The van der Waals surface area contributed by atoms with Crippen molar-refractivity contribution in [2.75, 3.05) is 44.2 Å². The van der Waals surface area contributed by atoms with Crippen LogP contribution in [0, 0.1) is 16.7 Å². The number of benzene rings is 1. The second-order valence-corrected chi connectivity index (χ2v) is 14.6. The molecule has 2 aliphatic carbocycles. The fourth-order valence-corrected chi connectivity index (χ4v) is 9.18. The molecule has 9 nitrogen and oxygen atoms in total. The van der Waals surface area contributed by atoms with Gasteiger partial charge in [-0.15, -0.1) is 0 Å². The van der Waals surface area contributed by atoms with Crippen LogP contribution in [0.25, 0.3) is 0 Å². The van der Waals surface area contributed by atoms with Crippen molar-refractivity contribution in [3.8, 4) is 0 Å². The maximum absolute atomic E-state index is 13.5. The van der Waals surface area contributed by atoms with Gasteiger partial charge in [-0.3, -0.25) is 14.8 Å². The van der Waals surface area contributed by atoms with Crippen LogP contribution in [0.3, 0.4) is 0 Å². The number of hydrogen-bond acceptors (Lipinski definition) is 7. The lowest BCUT2D eigenvalue weighted by molar-refractivity contribution is -0.140. The molecule has 0 unspecified atom stereocenters. The van der Waals surface area contributed by atoms with Gasteiger partial charge in [0.2, 0.25) is 5.91 Å². The molecule has 202 valence electrons. The maximum Gasteiger partial charge on any atom is 0.265 e. The minimum absolute atomic E-state index is 0.0670. The summed E-state index contributed by atoms with van der Waals surface area (Å²) in [6.07, 6.45) is 8.28. The number of carbonyl (C=O) groups excluding carboxylic acids is 2. The Morgan fingerprint density at radius 3 is 2.00 bits per heavy atom. The summed E-state index contributed by atoms with van der Waals surface area (Å²) in [7, 11) is -4.00. The lowest BCUT2D eigenvalue weighted by atomic mass is 9.83. The average Bonchev–Trinajstić information content (AvgIpc) is 3.86. The van der Waals surface area contributed by atoms with Crippen LogP contribution in [0.4, 0.5) is 5.69 Å². The molecule has 2 spiro atoms. The predicted molar refractivity (Wildman–Crippen MR) is 138 cm³/mol. The van der Waals surface area contributed by atoms with Crippen molar-refractivity contribution in [1.82, 2.24) is 15.7 Å². The lowest BCUT2D eigenvalue weighted by Gasteiger charge is -2.42. The largest absolute Gasteiger partial charge is 0.371 e. The highest BCUT2D eigenvalue weighted by Gasteiger charge is 2.59. The molecule has 0 radical (unpaired) electrons. The number of piperidine rings is 3. The standard InChI is InChI=1S/C27H38N4O5S/c32-23(31-18-25(7-8-25)17-26(19-31)9-10-26)20-5-15-30(16-6-20)21-1-3-22(4-2-21)37(35,36)27(24(33)29-34)11-13-28-14-12-27/h1-4,20,28,34H,5-19H2,(H,29,33). The summed E-state index contributed by atoms with van der Waals surface area (Å²) in [6.45, 7) is 4.20. The first-order valence-electron chi connectivity index (χ1n) is 13.8. The molecule has 5 aliphatic rings. The SMILES string of the molecule is O=C(C1CCN(c2ccc(S(=O)(=O)C3(C(=O)NO)CCNCC3)cc2)CC1)N1CC2(CC2)CC2(CC2)C1. The third kappa shape index (κ3) is 4.34. The zero-order chi connectivity index (χ0) is 25.9. The molecule has 37 heavy (non-hydrogen) atoms. The van der Waals surface area contributed by atoms with Gasteiger partial charge in [-0.2, -0.15) is 0 Å². The molecule has 3 N–H and O–H groups in total. The average molecular weight is 531 g/mol. The number of anilines is 1. The van der Waals surface area contributed by atoms with Crippen molar-refractivity contribution in [3.63, 3.8) is 0 Å². The lowest BCUT2D eigenvalue weighted by Crippen LogP contribution is -2.57. The van der Waals surface area contributed by atoms with Crippen molar-refractivity contribution in [2.24, 2.45) is 16.7 Å². The Labute approximate surface area is 218 Å². The van der Waals surface area contributed by atoms with Crippen molar-refractivity contribution in [1.29, 1.82) is 0 Å². The smallest absolute Gasteiger partial charge is 0.265 e. The van der Waals surface area contributed by atoms with E-state index in [4.69, 9.17) is 0 Å². The molecule has 6 rings (SSSR count). The van der Waals surface area contributed by atoms with Crippen molar-refractivity contribution >= 4 is 27.3 Å². The minimum atomic E-state index is -4.00. The van der Waals surface area contributed by atoms with E-state index in [9.17, 15) is 23.2 Å². The van der Waals surface area contributed by atoms with Gasteiger partial charge in [0.05, 0.1) is 4.90 Å². The van der Waals surface area contributed by atoms with Gasteiger partial charge >= 0.3 is 0 Å². The first kappa shape index (κ1) is 25.1. The first-order valence-corrected chi connectivity index (χ1v) is 15.2. The number of nitrogens with zero attached hydrogens (tertiary/aromatic N) is 2. The molecule has 3 saturated heterocycles. The molecular formula is C27H38N4O5S. The molecule has 2 amide bonds. The van der Waals surface area contributed by atoms with Gasteiger partial charge in [0.1, 0.15) is 0 Å². The zero-order valence-electron chi connectivity index (χ0n) is 21.4. The van der Waals surface area contributed by atoms with Gasteiger partial charge in [0, 0.05) is 37.8 Å². The summed E-state index contributed by atoms with van der Waals surface area (Å²) < 4.78 is 25.3.